The summed E-state index contributed by atoms with van der Waals surface area (Å²) in [5, 5.41) is 20.6. The number of nitrogens with one attached hydrogen (secondary N) is 5. The van der Waals surface area contributed by atoms with Crippen molar-refractivity contribution in [1.29, 1.82) is 0 Å². The molecule has 3 heterocycles. The Kier molecular flexibility index (Phi) is 24.8. The number of carbonyl (C=O) groups excluding carboxylic acids is 8. The first-order valence-corrected chi connectivity index (χ1v) is 29.9. The van der Waals surface area contributed by atoms with Gasteiger partial charge in [0.05, 0.1) is 82.8 Å². The number of nitrogens with two attached hydrogens (primary N) is 2. The highest BCUT2D eigenvalue weighted by molar-refractivity contribution is 7.84. The van der Waals surface area contributed by atoms with Gasteiger partial charge < -0.3 is 65.4 Å². The van der Waals surface area contributed by atoms with Gasteiger partial charge in [-0.2, -0.15) is 8.42 Å². The number of ether oxygens (including phenoxy) is 5. The predicted octanol–water partition coefficient (Wildman–Crippen LogP) is 3.33. The molecule has 1 aliphatic heterocycles. The van der Waals surface area contributed by atoms with E-state index >= 15 is 0 Å². The minimum Gasteiger partial charge on any atom is -0.445 e. The topological polar surface area (TPSA) is 381 Å². The Morgan fingerprint density at radius 3 is 2.29 bits per heavy atom. The number of aryl methyl sites for hydroxylation is 1. The van der Waals surface area contributed by atoms with Crippen LogP contribution in [0, 0.1) is 17.8 Å². The van der Waals surface area contributed by atoms with Gasteiger partial charge in [0.25, 0.3) is 11.8 Å². The zero-order valence-corrected chi connectivity index (χ0v) is 48.8. The molecule has 1 fully saturated rings. The number of imide groups is 1. The van der Waals surface area contributed by atoms with Crippen molar-refractivity contribution in [3.8, 4) is 0 Å². The third-order valence-corrected chi connectivity index (χ3v) is 15.0. The Bertz CT molecular complexity index is 3120. The molecular formula is C57H75N11O17S. The molecule has 0 unspecified atom stereocenters. The van der Waals surface area contributed by atoms with Crippen molar-refractivity contribution >= 4 is 80.3 Å². The van der Waals surface area contributed by atoms with E-state index in [-0.39, 0.29) is 128 Å². The van der Waals surface area contributed by atoms with E-state index < -0.39 is 69.8 Å². The van der Waals surface area contributed by atoms with Gasteiger partial charge in [-0.3, -0.25) is 28.2 Å². The van der Waals surface area contributed by atoms with Gasteiger partial charge in [-0.15, -0.1) is 0 Å². The molecule has 2 aromatic carbocycles. The maximum Gasteiger partial charge on any atom is 0.407 e. The molecule has 86 heavy (non-hydrogen) atoms. The maximum atomic E-state index is 13.7. The van der Waals surface area contributed by atoms with Gasteiger partial charge in [-0.25, -0.2) is 29.5 Å². The van der Waals surface area contributed by atoms with Gasteiger partial charge in [0.15, 0.2) is 5.78 Å². The molecule has 7 amide bonds. The second kappa shape index (κ2) is 32.5. The Labute approximate surface area is 497 Å². The fraction of sp³-hybridized carbons (Fsp3) is 0.509. The quantitative estimate of drug-likeness (QED) is 0.0254. The first-order chi connectivity index (χ1) is 41.3. The summed E-state index contributed by atoms with van der Waals surface area (Å²) in [4.78, 5) is 113. The highest BCUT2D eigenvalue weighted by Crippen LogP contribution is 2.40. The molecule has 7 rings (SSSR count). The number of urea groups is 1. The number of aromatic nitrogens is 3. The monoisotopic (exact) mass is 1220 g/mol. The lowest BCUT2D eigenvalue weighted by atomic mass is 9.89. The molecule has 1 saturated carbocycles. The Balaban J connectivity index is 0.764. The van der Waals surface area contributed by atoms with Crippen molar-refractivity contribution in [2.75, 3.05) is 76.6 Å². The second-order valence-electron chi connectivity index (χ2n) is 21.1. The van der Waals surface area contributed by atoms with Gasteiger partial charge in [0.2, 0.25) is 11.8 Å². The molecule has 2 aromatic heterocycles. The zero-order valence-electron chi connectivity index (χ0n) is 48.0. The highest BCUT2D eigenvalue weighted by Gasteiger charge is 2.38. The third-order valence-electron chi connectivity index (χ3n) is 14.5. The lowest BCUT2D eigenvalue weighted by Crippen LogP contribution is -2.45. The van der Waals surface area contributed by atoms with Gasteiger partial charge in [-0.1, -0.05) is 55.3 Å². The SMILES string of the molecule is CC(C)[C@@H](NC(=O)CCOCCC(=O)ON1C(=O)C=CC1=O)C(=O)C[C@H](CCCNC(N)=O)C(=O)Nc1ccc(COC(=O)NCCOCCOCCO[C@H]2C[C@H](n3ccc4c(N[C@H]5CCc6ccccc65)ncnc43)C[C@H]2COS(N)(=O)=O)cc1. The smallest absolute Gasteiger partial charge is 0.407 e. The Morgan fingerprint density at radius 1 is 0.826 bits per heavy atom. The average molecular weight is 1220 g/mol. The highest BCUT2D eigenvalue weighted by atomic mass is 32.2. The van der Waals surface area contributed by atoms with Crippen LogP contribution in [-0.4, -0.2) is 154 Å². The van der Waals surface area contributed by atoms with E-state index in [0.29, 0.717) is 35.6 Å². The van der Waals surface area contributed by atoms with Crippen LogP contribution in [-0.2, 0) is 84.8 Å². The summed E-state index contributed by atoms with van der Waals surface area (Å²) < 4.78 is 58.9. The summed E-state index contributed by atoms with van der Waals surface area (Å²) in [6, 6.07) is 15.3. The van der Waals surface area contributed by atoms with E-state index in [9.17, 15) is 46.8 Å². The van der Waals surface area contributed by atoms with Gasteiger partial charge >= 0.3 is 28.4 Å². The van der Waals surface area contributed by atoms with E-state index in [0.717, 1.165) is 41.8 Å². The number of carbonyl (C=O) groups is 8. The number of anilines is 2. The van der Waals surface area contributed by atoms with E-state index in [2.05, 4.69) is 59.3 Å². The number of hydroxylamine groups is 2. The van der Waals surface area contributed by atoms with Gasteiger partial charge in [0, 0.05) is 67.8 Å². The number of alkyl carbamates (subject to hydrolysis) is 1. The molecule has 0 saturated heterocycles. The number of Topliss-reactive ketones (excluding diaryl/α,β-unsaturated/α-hetero) is 1. The normalized spacial score (nSPS) is 18.0. The summed E-state index contributed by atoms with van der Waals surface area (Å²) in [6.07, 6.45) is 7.30. The molecule has 29 heteroatoms. The van der Waals surface area contributed by atoms with E-state index in [1.54, 1.807) is 44.4 Å². The lowest BCUT2D eigenvalue weighted by Gasteiger charge is -2.24. The number of amides is 7. The molecule has 3 aliphatic rings. The van der Waals surface area contributed by atoms with E-state index in [1.165, 1.54) is 11.1 Å². The van der Waals surface area contributed by atoms with E-state index in [1.807, 2.05) is 18.3 Å². The fourth-order valence-corrected chi connectivity index (χ4v) is 10.6. The van der Waals surface area contributed by atoms with Crippen molar-refractivity contribution in [1.82, 2.24) is 35.5 Å². The number of hydrogen-bond donors (Lipinski definition) is 7. The van der Waals surface area contributed by atoms with Crippen LogP contribution in [0.4, 0.5) is 21.1 Å². The van der Waals surface area contributed by atoms with Crippen LogP contribution >= 0.6 is 0 Å². The molecule has 9 N–H and O–H groups in total. The molecule has 2 aliphatic carbocycles. The van der Waals surface area contributed by atoms with Crippen LogP contribution < -0.4 is 37.5 Å². The summed E-state index contributed by atoms with van der Waals surface area (Å²) in [7, 11) is -4.17. The van der Waals surface area contributed by atoms with Crippen molar-refractivity contribution in [2.45, 2.75) is 102 Å². The number of hydrogen-bond acceptors (Lipinski definition) is 20. The molecule has 0 spiro atoms. The lowest BCUT2D eigenvalue weighted by molar-refractivity contribution is -0.196. The average Bonchev–Trinajstić information content (AvgIpc) is 2.62. The standard InChI is InChI=1S/C57H75N11O17S/c1-36(2)52(66-48(70)18-23-79-24-19-51(73)85-68-49(71)15-16-50(68)72)46(69)31-39(7-5-20-60-56(58)75)55(74)64-41-12-9-37(10-13-41)33-83-57(76)61-21-25-80-26-27-81-28-29-82-47-32-42(30-40(47)34-84-86(59,77)78)67-22-17-44-53(62-35-63-54(44)67)65-45-14-11-38-6-3-4-8-43(38)45/h3-4,6,8-10,12-13,15-17,22,35-36,39-40,42,45,47,52H,5,7,11,14,18-21,23-34H2,1-2H3,(H,61,76)(H,64,74)(H,66,70)(H3,58,60,75)(H2,59,77,78)(H,62,63,65)/t39-,40-,42+,45-,47-,52+/m0/s1. The van der Waals surface area contributed by atoms with Crippen LogP contribution in [0.1, 0.15) is 94.0 Å². The number of fused-ring (bicyclic) bond motifs is 2. The van der Waals surface area contributed by atoms with Crippen LogP contribution in [0.5, 0.6) is 0 Å². The maximum absolute atomic E-state index is 13.7. The van der Waals surface area contributed by atoms with Crippen molar-refractivity contribution in [3.63, 3.8) is 0 Å². The molecule has 0 bridgehead atoms. The number of benzene rings is 2. The number of primary amides is 1. The minimum absolute atomic E-state index is 0.0650. The van der Waals surface area contributed by atoms with Crippen LogP contribution in [0.15, 0.2) is 79.3 Å². The molecule has 0 radical (unpaired) electrons. The largest absolute Gasteiger partial charge is 0.445 e. The molecule has 28 nitrogen and oxygen atoms in total. The summed E-state index contributed by atoms with van der Waals surface area (Å²) in [6.45, 7) is 4.43. The summed E-state index contributed by atoms with van der Waals surface area (Å²) in [5.41, 5.74) is 9.58. The second-order valence-corrected chi connectivity index (χ2v) is 22.3. The summed E-state index contributed by atoms with van der Waals surface area (Å²) in [5.74, 6) is -4.62. The molecular weight excluding hydrogens is 1140 g/mol. The van der Waals surface area contributed by atoms with Gasteiger partial charge in [-0.05, 0) is 79.3 Å². The first-order valence-electron chi connectivity index (χ1n) is 28.4. The zero-order chi connectivity index (χ0) is 61.6. The molecule has 4 aromatic rings. The number of nitrogens with zero attached hydrogens (tertiary/aromatic N) is 4. The van der Waals surface area contributed by atoms with Gasteiger partial charge in [0.1, 0.15) is 24.4 Å². The van der Waals surface area contributed by atoms with Crippen LogP contribution in [0.25, 0.3) is 11.0 Å². The van der Waals surface area contributed by atoms with Crippen LogP contribution in [0.3, 0.4) is 0 Å². The Morgan fingerprint density at radius 2 is 1.55 bits per heavy atom. The fourth-order valence-electron chi connectivity index (χ4n) is 10.2. The minimum atomic E-state index is -4.17. The van der Waals surface area contributed by atoms with E-state index in [4.69, 9.17) is 43.6 Å². The number of rotatable bonds is 36. The molecule has 6 atom stereocenters. The number of ketones is 1. The summed E-state index contributed by atoms with van der Waals surface area (Å²) >= 11 is 0. The van der Waals surface area contributed by atoms with Crippen LogP contribution in [0.2, 0.25) is 0 Å². The Hall–Kier alpha value is -7.93. The predicted molar refractivity (Wildman–Crippen MR) is 308 cm³/mol. The first kappa shape index (κ1) is 65.6. The molecule has 466 valence electrons. The van der Waals surface area contributed by atoms with Crippen molar-refractivity contribution < 1.29 is 79.5 Å². The third kappa shape index (κ3) is 20.4. The van der Waals surface area contributed by atoms with Crippen molar-refractivity contribution in [2.24, 2.45) is 28.6 Å². The van der Waals surface area contributed by atoms with Crippen molar-refractivity contribution in [3.05, 3.63) is 96.0 Å².